The van der Waals surface area contributed by atoms with Crippen LogP contribution in [0.15, 0.2) is 24.3 Å². The van der Waals surface area contributed by atoms with Crippen molar-refractivity contribution in [2.24, 2.45) is 5.92 Å². The van der Waals surface area contributed by atoms with Crippen molar-refractivity contribution in [2.75, 3.05) is 6.54 Å². The number of hydrogen-bond acceptors (Lipinski definition) is 1. The number of aryl methyl sites for hydroxylation is 1. The SMILES string of the molecule is CCNC(CCc1ccc(I)cc1)C(C)C. The van der Waals surface area contributed by atoms with Gasteiger partial charge in [-0.3, -0.25) is 0 Å². The Morgan fingerprint density at radius 1 is 1.19 bits per heavy atom. The molecule has 90 valence electrons. The third-order valence-corrected chi connectivity index (χ3v) is 3.65. The molecular formula is C14H22IN. The summed E-state index contributed by atoms with van der Waals surface area (Å²) < 4.78 is 1.31. The highest BCUT2D eigenvalue weighted by Gasteiger charge is 2.11. The molecular weight excluding hydrogens is 309 g/mol. The second-order valence-corrected chi connectivity index (χ2v) is 5.82. The summed E-state index contributed by atoms with van der Waals surface area (Å²) in [5, 5.41) is 3.56. The number of hydrogen-bond donors (Lipinski definition) is 1. The maximum absolute atomic E-state index is 3.56. The van der Waals surface area contributed by atoms with E-state index in [2.05, 4.69) is 72.9 Å². The van der Waals surface area contributed by atoms with E-state index in [0.717, 1.165) is 6.54 Å². The molecule has 0 radical (unpaired) electrons. The van der Waals surface area contributed by atoms with E-state index in [0.29, 0.717) is 12.0 Å². The summed E-state index contributed by atoms with van der Waals surface area (Å²) >= 11 is 2.35. The quantitative estimate of drug-likeness (QED) is 0.781. The van der Waals surface area contributed by atoms with Crippen molar-refractivity contribution in [3.63, 3.8) is 0 Å². The van der Waals surface area contributed by atoms with Crippen molar-refractivity contribution < 1.29 is 0 Å². The molecule has 16 heavy (non-hydrogen) atoms. The van der Waals surface area contributed by atoms with Gasteiger partial charge in [-0.25, -0.2) is 0 Å². The molecule has 1 unspecified atom stereocenters. The van der Waals surface area contributed by atoms with Gasteiger partial charge < -0.3 is 5.32 Å². The second-order valence-electron chi connectivity index (χ2n) is 4.57. The van der Waals surface area contributed by atoms with Crippen LogP contribution in [0.5, 0.6) is 0 Å². The molecule has 0 fully saturated rings. The molecule has 0 aliphatic rings. The Hall–Kier alpha value is -0.0900. The van der Waals surface area contributed by atoms with E-state index in [4.69, 9.17) is 0 Å². The van der Waals surface area contributed by atoms with E-state index < -0.39 is 0 Å². The Bertz CT molecular complexity index is 292. The van der Waals surface area contributed by atoms with Crippen molar-refractivity contribution >= 4 is 22.6 Å². The lowest BCUT2D eigenvalue weighted by Crippen LogP contribution is -2.34. The fourth-order valence-electron chi connectivity index (χ4n) is 1.91. The molecule has 1 nitrogen and oxygen atoms in total. The lowest BCUT2D eigenvalue weighted by Gasteiger charge is -2.21. The molecule has 0 aromatic heterocycles. The van der Waals surface area contributed by atoms with Crippen LogP contribution in [0.25, 0.3) is 0 Å². The van der Waals surface area contributed by atoms with Crippen LogP contribution < -0.4 is 5.32 Å². The van der Waals surface area contributed by atoms with Crippen LogP contribution in [0, 0.1) is 9.49 Å². The molecule has 0 bridgehead atoms. The van der Waals surface area contributed by atoms with E-state index in [1.807, 2.05) is 0 Å². The fraction of sp³-hybridized carbons (Fsp3) is 0.571. The topological polar surface area (TPSA) is 12.0 Å². The van der Waals surface area contributed by atoms with Gasteiger partial charge in [0.05, 0.1) is 0 Å². The molecule has 0 spiro atoms. The smallest absolute Gasteiger partial charge is 0.0130 e. The minimum atomic E-state index is 0.643. The maximum atomic E-state index is 3.56. The van der Waals surface area contributed by atoms with E-state index in [1.54, 1.807) is 0 Å². The molecule has 0 aliphatic carbocycles. The molecule has 0 saturated carbocycles. The maximum Gasteiger partial charge on any atom is 0.0130 e. The molecule has 2 heteroatoms. The van der Waals surface area contributed by atoms with Crippen LogP contribution in [0.3, 0.4) is 0 Å². The lowest BCUT2D eigenvalue weighted by molar-refractivity contribution is 0.385. The minimum absolute atomic E-state index is 0.643. The summed E-state index contributed by atoms with van der Waals surface area (Å²) in [5.74, 6) is 0.712. The van der Waals surface area contributed by atoms with Crippen molar-refractivity contribution in [3.8, 4) is 0 Å². The summed E-state index contributed by atoms with van der Waals surface area (Å²) in [7, 11) is 0. The van der Waals surface area contributed by atoms with Gasteiger partial charge >= 0.3 is 0 Å². The first-order valence-corrected chi connectivity index (χ1v) is 7.19. The molecule has 1 aromatic rings. The Labute approximate surface area is 113 Å². The van der Waals surface area contributed by atoms with Crippen molar-refractivity contribution in [1.29, 1.82) is 0 Å². The molecule has 0 saturated heterocycles. The standard InChI is InChI=1S/C14H22IN/c1-4-16-14(11(2)3)10-7-12-5-8-13(15)9-6-12/h5-6,8-9,11,14,16H,4,7,10H2,1-3H3. The summed E-state index contributed by atoms with van der Waals surface area (Å²) in [4.78, 5) is 0. The zero-order chi connectivity index (χ0) is 12.0. The van der Waals surface area contributed by atoms with Crippen LogP contribution in [0.4, 0.5) is 0 Å². The Morgan fingerprint density at radius 3 is 2.31 bits per heavy atom. The number of benzene rings is 1. The van der Waals surface area contributed by atoms with Crippen LogP contribution in [0.2, 0.25) is 0 Å². The first kappa shape index (κ1) is 14.0. The highest BCUT2D eigenvalue weighted by Crippen LogP contribution is 2.13. The summed E-state index contributed by atoms with van der Waals surface area (Å²) in [5.41, 5.74) is 1.45. The highest BCUT2D eigenvalue weighted by molar-refractivity contribution is 14.1. The average molecular weight is 331 g/mol. The van der Waals surface area contributed by atoms with Crippen molar-refractivity contribution in [2.45, 2.75) is 39.7 Å². The van der Waals surface area contributed by atoms with Crippen LogP contribution in [0.1, 0.15) is 32.8 Å². The Kier molecular flexibility index (Phi) is 6.36. The first-order valence-electron chi connectivity index (χ1n) is 6.11. The van der Waals surface area contributed by atoms with Gasteiger partial charge in [0.25, 0.3) is 0 Å². The molecule has 1 rings (SSSR count). The van der Waals surface area contributed by atoms with Gasteiger partial charge in [0.1, 0.15) is 0 Å². The Morgan fingerprint density at radius 2 is 1.81 bits per heavy atom. The van der Waals surface area contributed by atoms with E-state index in [9.17, 15) is 0 Å². The van der Waals surface area contributed by atoms with Gasteiger partial charge in [-0.15, -0.1) is 0 Å². The van der Waals surface area contributed by atoms with Crippen molar-refractivity contribution in [3.05, 3.63) is 33.4 Å². The molecule has 1 N–H and O–H groups in total. The normalized spacial score (nSPS) is 13.1. The van der Waals surface area contributed by atoms with Crippen LogP contribution in [-0.4, -0.2) is 12.6 Å². The minimum Gasteiger partial charge on any atom is -0.314 e. The van der Waals surface area contributed by atoms with E-state index in [1.165, 1.54) is 22.0 Å². The molecule has 0 heterocycles. The second kappa shape index (κ2) is 7.28. The van der Waals surface area contributed by atoms with Gasteiger partial charge in [0.2, 0.25) is 0 Å². The largest absolute Gasteiger partial charge is 0.314 e. The van der Waals surface area contributed by atoms with Gasteiger partial charge in [-0.05, 0) is 65.6 Å². The van der Waals surface area contributed by atoms with Gasteiger partial charge in [0, 0.05) is 9.61 Å². The van der Waals surface area contributed by atoms with E-state index >= 15 is 0 Å². The molecule has 1 atom stereocenters. The zero-order valence-corrected chi connectivity index (χ0v) is 12.6. The molecule has 0 amide bonds. The van der Waals surface area contributed by atoms with Crippen LogP contribution >= 0.6 is 22.6 Å². The predicted molar refractivity (Wildman–Crippen MR) is 79.8 cm³/mol. The summed E-state index contributed by atoms with van der Waals surface area (Å²) in [6.07, 6.45) is 2.40. The number of nitrogens with one attached hydrogen (secondary N) is 1. The number of rotatable bonds is 6. The highest BCUT2D eigenvalue weighted by atomic mass is 127. The third-order valence-electron chi connectivity index (χ3n) is 2.93. The molecule has 1 aromatic carbocycles. The first-order chi connectivity index (χ1) is 7.63. The van der Waals surface area contributed by atoms with Gasteiger partial charge in [-0.2, -0.15) is 0 Å². The lowest BCUT2D eigenvalue weighted by atomic mass is 9.97. The van der Waals surface area contributed by atoms with Crippen molar-refractivity contribution in [1.82, 2.24) is 5.32 Å². The predicted octanol–water partition coefficient (Wildman–Crippen LogP) is 3.86. The van der Waals surface area contributed by atoms with E-state index in [-0.39, 0.29) is 0 Å². The summed E-state index contributed by atoms with van der Waals surface area (Å²) in [6.45, 7) is 7.83. The van der Waals surface area contributed by atoms with Gasteiger partial charge in [0.15, 0.2) is 0 Å². The van der Waals surface area contributed by atoms with Gasteiger partial charge in [-0.1, -0.05) is 32.9 Å². The monoisotopic (exact) mass is 331 g/mol. The third kappa shape index (κ3) is 4.83. The Balaban J connectivity index is 2.45. The fourth-order valence-corrected chi connectivity index (χ4v) is 2.27. The summed E-state index contributed by atoms with van der Waals surface area (Å²) in [6, 6.07) is 9.50. The zero-order valence-electron chi connectivity index (χ0n) is 10.5. The average Bonchev–Trinajstić information content (AvgIpc) is 2.26. The number of halogens is 1. The molecule has 0 aliphatic heterocycles. The van der Waals surface area contributed by atoms with Crippen LogP contribution in [-0.2, 0) is 6.42 Å².